The highest BCUT2D eigenvalue weighted by molar-refractivity contribution is 6.07. The fourth-order valence-electron chi connectivity index (χ4n) is 2.36. The summed E-state index contributed by atoms with van der Waals surface area (Å²) < 4.78 is 0. The quantitative estimate of drug-likeness (QED) is 0.712. The number of para-hydroxylation sites is 1. The van der Waals surface area contributed by atoms with Gasteiger partial charge in [-0.25, -0.2) is 0 Å². The van der Waals surface area contributed by atoms with Crippen LogP contribution in [-0.2, 0) is 0 Å². The number of rotatable bonds is 2. The SMILES string of the molecule is CN(C(=O)c1cc2c(N)cccc2[nH]c1=O)c1ccccc1. The summed E-state index contributed by atoms with van der Waals surface area (Å²) in [5.74, 6) is -0.377. The van der Waals surface area contributed by atoms with Gasteiger partial charge in [-0.15, -0.1) is 0 Å². The second-order valence-electron chi connectivity index (χ2n) is 5.02. The van der Waals surface area contributed by atoms with Gasteiger partial charge in [-0.05, 0) is 30.3 Å². The zero-order valence-corrected chi connectivity index (χ0v) is 12.0. The predicted molar refractivity (Wildman–Crippen MR) is 88.2 cm³/mol. The van der Waals surface area contributed by atoms with Crippen LogP contribution in [0.1, 0.15) is 10.4 Å². The number of carbonyl (C=O) groups is 1. The molecule has 2 aromatic carbocycles. The molecule has 1 heterocycles. The first-order chi connectivity index (χ1) is 10.6. The first kappa shape index (κ1) is 13.9. The molecule has 22 heavy (non-hydrogen) atoms. The highest BCUT2D eigenvalue weighted by Crippen LogP contribution is 2.20. The van der Waals surface area contributed by atoms with Gasteiger partial charge in [-0.2, -0.15) is 0 Å². The van der Waals surface area contributed by atoms with Crippen molar-refractivity contribution in [3.8, 4) is 0 Å². The Morgan fingerprint density at radius 3 is 2.55 bits per heavy atom. The molecule has 0 fully saturated rings. The van der Waals surface area contributed by atoms with Gasteiger partial charge in [-0.3, -0.25) is 9.59 Å². The van der Waals surface area contributed by atoms with E-state index in [0.29, 0.717) is 22.3 Å². The van der Waals surface area contributed by atoms with Gasteiger partial charge in [0, 0.05) is 23.8 Å². The van der Waals surface area contributed by atoms with Crippen LogP contribution in [0.4, 0.5) is 11.4 Å². The normalized spacial score (nSPS) is 10.6. The van der Waals surface area contributed by atoms with E-state index in [1.807, 2.05) is 30.3 Å². The Bertz CT molecular complexity index is 901. The molecule has 0 aliphatic carbocycles. The van der Waals surface area contributed by atoms with E-state index in [1.165, 1.54) is 4.90 Å². The molecule has 0 atom stereocenters. The van der Waals surface area contributed by atoms with Gasteiger partial charge in [0.15, 0.2) is 0 Å². The number of nitrogens with zero attached hydrogens (tertiary/aromatic N) is 1. The van der Waals surface area contributed by atoms with Crippen molar-refractivity contribution in [3.63, 3.8) is 0 Å². The van der Waals surface area contributed by atoms with E-state index in [-0.39, 0.29) is 11.5 Å². The van der Waals surface area contributed by atoms with Crippen molar-refractivity contribution in [2.75, 3.05) is 17.7 Å². The van der Waals surface area contributed by atoms with Gasteiger partial charge in [0.05, 0.1) is 5.52 Å². The van der Waals surface area contributed by atoms with E-state index < -0.39 is 5.56 Å². The number of anilines is 2. The molecule has 1 amide bonds. The summed E-state index contributed by atoms with van der Waals surface area (Å²) in [5, 5.41) is 0.659. The smallest absolute Gasteiger partial charge is 0.263 e. The number of hydrogen-bond acceptors (Lipinski definition) is 3. The molecule has 0 saturated carbocycles. The van der Waals surface area contributed by atoms with E-state index in [9.17, 15) is 9.59 Å². The van der Waals surface area contributed by atoms with Crippen LogP contribution < -0.4 is 16.2 Å². The third-order valence-electron chi connectivity index (χ3n) is 3.60. The molecular formula is C17H15N3O2. The van der Waals surface area contributed by atoms with Crippen LogP contribution in [0.5, 0.6) is 0 Å². The molecule has 0 bridgehead atoms. The van der Waals surface area contributed by atoms with Gasteiger partial charge < -0.3 is 15.6 Å². The lowest BCUT2D eigenvalue weighted by atomic mass is 10.1. The molecule has 0 aliphatic rings. The average Bonchev–Trinajstić information content (AvgIpc) is 2.54. The molecule has 110 valence electrons. The number of carbonyl (C=O) groups excluding carboxylic acids is 1. The van der Waals surface area contributed by atoms with Crippen molar-refractivity contribution in [2.24, 2.45) is 0 Å². The molecule has 0 saturated heterocycles. The minimum Gasteiger partial charge on any atom is -0.398 e. The lowest BCUT2D eigenvalue weighted by Gasteiger charge is -2.17. The van der Waals surface area contributed by atoms with Gasteiger partial charge in [0.2, 0.25) is 0 Å². The van der Waals surface area contributed by atoms with Gasteiger partial charge >= 0.3 is 0 Å². The van der Waals surface area contributed by atoms with Crippen molar-refractivity contribution in [2.45, 2.75) is 0 Å². The zero-order chi connectivity index (χ0) is 15.7. The lowest BCUT2D eigenvalue weighted by Crippen LogP contribution is -2.31. The lowest BCUT2D eigenvalue weighted by molar-refractivity contribution is 0.0992. The fourth-order valence-corrected chi connectivity index (χ4v) is 2.36. The molecule has 3 rings (SSSR count). The van der Waals surface area contributed by atoms with E-state index in [0.717, 1.165) is 0 Å². The maximum atomic E-state index is 12.6. The van der Waals surface area contributed by atoms with Crippen LogP contribution >= 0.6 is 0 Å². The van der Waals surface area contributed by atoms with Gasteiger partial charge in [0.1, 0.15) is 5.56 Å². The van der Waals surface area contributed by atoms with Crippen LogP contribution in [0.3, 0.4) is 0 Å². The summed E-state index contributed by atoms with van der Waals surface area (Å²) in [7, 11) is 1.63. The first-order valence-corrected chi connectivity index (χ1v) is 6.82. The third kappa shape index (κ3) is 2.33. The van der Waals surface area contributed by atoms with E-state index >= 15 is 0 Å². The number of amides is 1. The minimum absolute atomic E-state index is 0.0664. The second-order valence-corrected chi connectivity index (χ2v) is 5.02. The Morgan fingerprint density at radius 2 is 1.82 bits per heavy atom. The maximum absolute atomic E-state index is 12.6. The highest BCUT2D eigenvalue weighted by Gasteiger charge is 2.18. The predicted octanol–water partition coefficient (Wildman–Crippen LogP) is 2.39. The molecule has 3 N–H and O–H groups in total. The number of pyridine rings is 1. The molecule has 0 aliphatic heterocycles. The fraction of sp³-hybridized carbons (Fsp3) is 0.0588. The van der Waals surface area contributed by atoms with Crippen molar-refractivity contribution in [1.29, 1.82) is 0 Å². The summed E-state index contributed by atoms with van der Waals surface area (Å²) in [4.78, 5) is 28.9. The highest BCUT2D eigenvalue weighted by atomic mass is 16.2. The molecule has 3 aromatic rings. The molecule has 0 spiro atoms. The molecular weight excluding hydrogens is 278 g/mol. The Balaban J connectivity index is 2.10. The molecule has 0 unspecified atom stereocenters. The number of benzene rings is 2. The van der Waals surface area contributed by atoms with E-state index in [2.05, 4.69) is 4.98 Å². The topological polar surface area (TPSA) is 79.2 Å². The molecule has 0 radical (unpaired) electrons. The number of hydrogen-bond donors (Lipinski definition) is 2. The summed E-state index contributed by atoms with van der Waals surface area (Å²) in [6, 6.07) is 15.9. The number of aromatic nitrogens is 1. The number of nitrogens with one attached hydrogen (secondary N) is 1. The molecule has 5 heteroatoms. The van der Waals surface area contributed by atoms with Crippen molar-refractivity contribution in [1.82, 2.24) is 4.98 Å². The minimum atomic E-state index is -0.425. The van der Waals surface area contributed by atoms with Crippen molar-refractivity contribution >= 4 is 28.2 Å². The van der Waals surface area contributed by atoms with Crippen molar-refractivity contribution in [3.05, 3.63) is 70.5 Å². The van der Waals surface area contributed by atoms with Crippen LogP contribution in [0.25, 0.3) is 10.9 Å². The monoisotopic (exact) mass is 293 g/mol. The van der Waals surface area contributed by atoms with Crippen LogP contribution in [0, 0.1) is 0 Å². The summed E-state index contributed by atoms with van der Waals surface area (Å²) in [6.45, 7) is 0. The van der Waals surface area contributed by atoms with E-state index in [4.69, 9.17) is 5.73 Å². The van der Waals surface area contributed by atoms with E-state index in [1.54, 1.807) is 31.3 Å². The summed E-state index contributed by atoms with van der Waals surface area (Å²) in [5.41, 5.74) is 7.41. The number of H-pyrrole nitrogens is 1. The molecule has 5 nitrogen and oxygen atoms in total. The average molecular weight is 293 g/mol. The third-order valence-corrected chi connectivity index (χ3v) is 3.60. The zero-order valence-electron chi connectivity index (χ0n) is 12.0. The largest absolute Gasteiger partial charge is 0.398 e. The van der Waals surface area contributed by atoms with Crippen LogP contribution in [-0.4, -0.2) is 17.9 Å². The first-order valence-electron chi connectivity index (χ1n) is 6.82. The Kier molecular flexibility index (Phi) is 3.39. The van der Waals surface area contributed by atoms with Crippen molar-refractivity contribution < 1.29 is 4.79 Å². The number of nitrogen functional groups attached to an aromatic ring is 1. The standard InChI is InChI=1S/C17H15N3O2/c1-20(11-6-3-2-4-7-11)17(22)13-10-12-14(18)8-5-9-15(12)19-16(13)21/h2-10H,18H2,1H3,(H,19,21). The Labute approximate surface area is 127 Å². The van der Waals surface area contributed by atoms with Crippen LogP contribution in [0.15, 0.2) is 59.4 Å². The second kappa shape index (κ2) is 5.37. The number of aromatic amines is 1. The number of nitrogens with two attached hydrogens (primary N) is 1. The van der Waals surface area contributed by atoms with Gasteiger partial charge in [-0.1, -0.05) is 24.3 Å². The van der Waals surface area contributed by atoms with Crippen LogP contribution in [0.2, 0.25) is 0 Å². The summed E-state index contributed by atoms with van der Waals surface area (Å²) >= 11 is 0. The van der Waals surface area contributed by atoms with Gasteiger partial charge in [0.25, 0.3) is 11.5 Å². The number of fused-ring (bicyclic) bond motifs is 1. The Morgan fingerprint density at radius 1 is 1.09 bits per heavy atom. The maximum Gasteiger partial charge on any atom is 0.263 e. The summed E-state index contributed by atoms with van der Waals surface area (Å²) in [6.07, 6.45) is 0. The Hall–Kier alpha value is -3.08. The molecule has 1 aromatic heterocycles.